The molecule has 0 N–H and O–H groups in total. The number of nitro benzene ring substituents is 1. The van der Waals surface area contributed by atoms with E-state index < -0.39 is 4.92 Å². The lowest BCUT2D eigenvalue weighted by Crippen LogP contribution is -2.21. The molecule has 0 aliphatic heterocycles. The number of non-ortho nitro benzene ring substituents is 1. The summed E-state index contributed by atoms with van der Waals surface area (Å²) in [6.07, 6.45) is 0. The van der Waals surface area contributed by atoms with Crippen LogP contribution in [0.15, 0.2) is 83.7 Å². The number of nitro groups is 1. The Hall–Kier alpha value is -4.33. The van der Waals surface area contributed by atoms with Crippen LogP contribution in [0.3, 0.4) is 0 Å². The van der Waals surface area contributed by atoms with E-state index in [2.05, 4.69) is 10.2 Å². The molecule has 2 heterocycles. The number of para-hydroxylation sites is 2. The quantitative estimate of drug-likeness (QED) is 0.350. The van der Waals surface area contributed by atoms with E-state index in [1.807, 2.05) is 42.5 Å². The third-order valence-corrected chi connectivity index (χ3v) is 4.78. The zero-order valence-corrected chi connectivity index (χ0v) is 15.0. The largest absolute Gasteiger partial charge is 0.269 e. The third-order valence-electron chi connectivity index (χ3n) is 4.78. The highest BCUT2D eigenvalue weighted by atomic mass is 16.6. The van der Waals surface area contributed by atoms with Crippen LogP contribution in [-0.2, 0) is 0 Å². The standard InChI is InChI=1S/C21H13N5O3/c27-20-17-8-4-5-9-18(17)25-19(14-10-12-16(13-11-14)26(28)29)22-23-21(25)24(20)15-6-2-1-3-7-15/h1-13H. The van der Waals surface area contributed by atoms with Crippen molar-refractivity contribution in [3.05, 3.63) is 99.3 Å². The van der Waals surface area contributed by atoms with E-state index >= 15 is 0 Å². The molecule has 0 spiro atoms. The smallest absolute Gasteiger partial charge is 0.268 e. The summed E-state index contributed by atoms with van der Waals surface area (Å²) in [4.78, 5) is 23.7. The van der Waals surface area contributed by atoms with Crippen molar-refractivity contribution < 1.29 is 4.92 Å². The molecule has 0 fully saturated rings. The summed E-state index contributed by atoms with van der Waals surface area (Å²) in [6, 6.07) is 22.6. The van der Waals surface area contributed by atoms with Gasteiger partial charge < -0.3 is 0 Å². The molecule has 3 aromatic carbocycles. The zero-order chi connectivity index (χ0) is 20.0. The molecular weight excluding hydrogens is 370 g/mol. The summed E-state index contributed by atoms with van der Waals surface area (Å²) < 4.78 is 3.31. The predicted octanol–water partition coefficient (Wildman–Crippen LogP) is 3.61. The number of hydrogen-bond acceptors (Lipinski definition) is 5. The first kappa shape index (κ1) is 16.8. The molecule has 140 valence electrons. The average molecular weight is 383 g/mol. The Balaban J connectivity index is 1.88. The molecule has 0 saturated heterocycles. The molecule has 0 atom stereocenters. The second kappa shape index (κ2) is 6.38. The summed E-state index contributed by atoms with van der Waals surface area (Å²) in [5.41, 5.74) is 1.80. The number of aromatic nitrogens is 4. The van der Waals surface area contributed by atoms with E-state index in [9.17, 15) is 14.9 Å². The van der Waals surface area contributed by atoms with Crippen LogP contribution < -0.4 is 5.56 Å². The first-order valence-corrected chi connectivity index (χ1v) is 8.84. The number of nitrogens with zero attached hydrogens (tertiary/aromatic N) is 5. The lowest BCUT2D eigenvalue weighted by Gasteiger charge is -2.11. The van der Waals surface area contributed by atoms with E-state index in [1.54, 1.807) is 28.7 Å². The minimum atomic E-state index is -0.450. The van der Waals surface area contributed by atoms with E-state index in [0.717, 1.165) is 0 Å². The monoisotopic (exact) mass is 383 g/mol. The minimum Gasteiger partial charge on any atom is -0.268 e. The van der Waals surface area contributed by atoms with Crippen LogP contribution in [0.2, 0.25) is 0 Å². The van der Waals surface area contributed by atoms with Gasteiger partial charge in [0.2, 0.25) is 5.78 Å². The molecule has 2 aromatic heterocycles. The van der Waals surface area contributed by atoms with Gasteiger partial charge in [-0.3, -0.25) is 19.3 Å². The molecule has 0 aliphatic carbocycles. The fraction of sp³-hybridized carbons (Fsp3) is 0. The van der Waals surface area contributed by atoms with Crippen molar-refractivity contribution in [2.75, 3.05) is 0 Å². The highest BCUT2D eigenvalue weighted by molar-refractivity contribution is 5.83. The molecular formula is C21H13N5O3. The van der Waals surface area contributed by atoms with Crippen LogP contribution in [-0.4, -0.2) is 24.1 Å². The molecule has 0 saturated carbocycles. The van der Waals surface area contributed by atoms with Crippen molar-refractivity contribution in [3.8, 4) is 17.1 Å². The maximum atomic E-state index is 13.2. The van der Waals surface area contributed by atoms with Crippen molar-refractivity contribution in [2.45, 2.75) is 0 Å². The maximum absolute atomic E-state index is 13.2. The topological polar surface area (TPSA) is 95.3 Å². The molecule has 5 rings (SSSR count). The van der Waals surface area contributed by atoms with Gasteiger partial charge in [-0.1, -0.05) is 30.3 Å². The van der Waals surface area contributed by atoms with E-state index in [0.29, 0.717) is 33.8 Å². The zero-order valence-electron chi connectivity index (χ0n) is 15.0. The van der Waals surface area contributed by atoms with Gasteiger partial charge in [-0.15, -0.1) is 10.2 Å². The SMILES string of the molecule is O=c1c2ccccc2n2c(-c3ccc([N+](=O)[O-])cc3)nnc2n1-c1ccccc1. The number of benzene rings is 3. The van der Waals surface area contributed by atoms with Crippen molar-refractivity contribution in [3.63, 3.8) is 0 Å². The first-order valence-electron chi connectivity index (χ1n) is 8.84. The summed E-state index contributed by atoms with van der Waals surface area (Å²) in [5, 5.41) is 20.1. The lowest BCUT2D eigenvalue weighted by atomic mass is 10.2. The van der Waals surface area contributed by atoms with Crippen molar-refractivity contribution >= 4 is 22.4 Å². The van der Waals surface area contributed by atoms with Crippen molar-refractivity contribution in [1.29, 1.82) is 0 Å². The van der Waals surface area contributed by atoms with Crippen LogP contribution >= 0.6 is 0 Å². The van der Waals surface area contributed by atoms with Gasteiger partial charge in [-0.25, -0.2) is 4.57 Å². The molecule has 0 unspecified atom stereocenters. The highest BCUT2D eigenvalue weighted by Crippen LogP contribution is 2.25. The summed E-state index contributed by atoms with van der Waals surface area (Å²) >= 11 is 0. The number of fused-ring (bicyclic) bond motifs is 3. The molecule has 0 amide bonds. The predicted molar refractivity (Wildman–Crippen MR) is 108 cm³/mol. The van der Waals surface area contributed by atoms with Crippen LogP contribution in [0.25, 0.3) is 33.8 Å². The van der Waals surface area contributed by atoms with Gasteiger partial charge in [-0.2, -0.15) is 0 Å². The Labute approximate surface area is 163 Å². The Morgan fingerprint density at radius 3 is 2.24 bits per heavy atom. The summed E-state index contributed by atoms with van der Waals surface area (Å²) in [7, 11) is 0. The van der Waals surface area contributed by atoms with Gasteiger partial charge in [0, 0.05) is 17.7 Å². The second-order valence-electron chi connectivity index (χ2n) is 6.46. The van der Waals surface area contributed by atoms with Crippen LogP contribution in [0.4, 0.5) is 5.69 Å². The fourth-order valence-corrected chi connectivity index (χ4v) is 3.43. The summed E-state index contributed by atoms with van der Waals surface area (Å²) in [5.74, 6) is 0.865. The van der Waals surface area contributed by atoms with Crippen molar-refractivity contribution in [1.82, 2.24) is 19.2 Å². The Bertz CT molecular complexity index is 1440. The van der Waals surface area contributed by atoms with Crippen LogP contribution in [0.5, 0.6) is 0 Å². The van der Waals surface area contributed by atoms with Crippen LogP contribution in [0.1, 0.15) is 0 Å². The van der Waals surface area contributed by atoms with Gasteiger partial charge in [-0.05, 0) is 36.4 Å². The molecule has 29 heavy (non-hydrogen) atoms. The Morgan fingerprint density at radius 2 is 1.52 bits per heavy atom. The lowest BCUT2D eigenvalue weighted by molar-refractivity contribution is -0.384. The highest BCUT2D eigenvalue weighted by Gasteiger charge is 2.18. The number of rotatable bonds is 3. The Morgan fingerprint density at radius 1 is 0.828 bits per heavy atom. The molecule has 5 aromatic rings. The first-order chi connectivity index (χ1) is 14.1. The van der Waals surface area contributed by atoms with Gasteiger partial charge >= 0.3 is 0 Å². The van der Waals surface area contributed by atoms with E-state index in [1.165, 1.54) is 16.7 Å². The van der Waals surface area contributed by atoms with Gasteiger partial charge in [0.05, 0.1) is 21.5 Å². The van der Waals surface area contributed by atoms with Crippen LogP contribution in [0, 0.1) is 10.1 Å². The maximum Gasteiger partial charge on any atom is 0.269 e. The van der Waals surface area contributed by atoms with Gasteiger partial charge in [0.15, 0.2) is 5.82 Å². The molecule has 8 heteroatoms. The van der Waals surface area contributed by atoms with Gasteiger partial charge in [0.25, 0.3) is 11.2 Å². The molecule has 8 nitrogen and oxygen atoms in total. The normalized spacial score (nSPS) is 11.2. The number of hydrogen-bond donors (Lipinski definition) is 0. The van der Waals surface area contributed by atoms with Gasteiger partial charge in [0.1, 0.15) is 0 Å². The summed E-state index contributed by atoms with van der Waals surface area (Å²) in [6.45, 7) is 0. The molecule has 0 aliphatic rings. The Kier molecular flexibility index (Phi) is 3.70. The average Bonchev–Trinajstić information content (AvgIpc) is 3.20. The van der Waals surface area contributed by atoms with E-state index in [-0.39, 0.29) is 11.2 Å². The minimum absolute atomic E-state index is 0.00590. The second-order valence-corrected chi connectivity index (χ2v) is 6.46. The fourth-order valence-electron chi connectivity index (χ4n) is 3.43. The van der Waals surface area contributed by atoms with E-state index in [4.69, 9.17) is 0 Å². The third kappa shape index (κ3) is 2.58. The van der Waals surface area contributed by atoms with Crippen molar-refractivity contribution in [2.24, 2.45) is 0 Å². The molecule has 0 radical (unpaired) electrons. The molecule has 0 bridgehead atoms.